The number of benzene rings is 2. The summed E-state index contributed by atoms with van der Waals surface area (Å²) in [5.41, 5.74) is 7.49. The number of thiocarbonyl (C=S) groups is 1. The van der Waals surface area contributed by atoms with Gasteiger partial charge >= 0.3 is 0 Å². The molecule has 0 aliphatic heterocycles. The molecule has 0 amide bonds. The molecule has 0 unspecified atom stereocenters. The van der Waals surface area contributed by atoms with Gasteiger partial charge in [-0.25, -0.2) is 4.39 Å². The standard InChI is InChI=1S/C15H13ClFNOS/c16-12-3-1-2-10(6-12)8-19-9-11-4-5-14(17)13(7-11)15(18)20/h1-7H,8-9H2,(H2,18,20). The highest BCUT2D eigenvalue weighted by Gasteiger charge is 2.06. The molecule has 0 aliphatic rings. The molecule has 20 heavy (non-hydrogen) atoms. The summed E-state index contributed by atoms with van der Waals surface area (Å²) >= 11 is 10.7. The quantitative estimate of drug-likeness (QED) is 0.853. The monoisotopic (exact) mass is 309 g/mol. The second-order valence-corrected chi connectivity index (χ2v) is 5.18. The summed E-state index contributed by atoms with van der Waals surface area (Å²) in [7, 11) is 0. The minimum absolute atomic E-state index is 0.0409. The third-order valence-electron chi connectivity index (χ3n) is 2.72. The van der Waals surface area contributed by atoms with E-state index in [2.05, 4.69) is 0 Å². The third kappa shape index (κ3) is 4.00. The molecule has 0 spiro atoms. The van der Waals surface area contributed by atoms with Crippen LogP contribution >= 0.6 is 23.8 Å². The van der Waals surface area contributed by atoms with Crippen molar-refractivity contribution < 1.29 is 9.13 Å². The molecule has 2 aromatic carbocycles. The fraction of sp³-hybridized carbons (Fsp3) is 0.133. The topological polar surface area (TPSA) is 35.2 Å². The minimum atomic E-state index is -0.420. The lowest BCUT2D eigenvalue weighted by Crippen LogP contribution is -2.12. The molecule has 0 atom stereocenters. The van der Waals surface area contributed by atoms with Crippen LogP contribution in [0.4, 0.5) is 4.39 Å². The van der Waals surface area contributed by atoms with Gasteiger partial charge in [-0.05, 0) is 35.4 Å². The van der Waals surface area contributed by atoms with E-state index >= 15 is 0 Å². The molecular formula is C15H13ClFNOS. The Balaban J connectivity index is 1.97. The highest BCUT2D eigenvalue weighted by atomic mass is 35.5. The van der Waals surface area contributed by atoms with E-state index in [4.69, 9.17) is 34.3 Å². The molecule has 2 nitrogen and oxygen atoms in total. The van der Waals surface area contributed by atoms with Gasteiger partial charge in [0.1, 0.15) is 10.8 Å². The summed E-state index contributed by atoms with van der Waals surface area (Å²) < 4.78 is 19.0. The van der Waals surface area contributed by atoms with Crippen LogP contribution in [0, 0.1) is 5.82 Å². The Morgan fingerprint density at radius 2 is 1.85 bits per heavy atom. The first-order chi connectivity index (χ1) is 9.56. The van der Waals surface area contributed by atoms with E-state index in [0.29, 0.717) is 18.2 Å². The minimum Gasteiger partial charge on any atom is -0.389 e. The van der Waals surface area contributed by atoms with Crippen LogP contribution in [0.2, 0.25) is 5.02 Å². The van der Waals surface area contributed by atoms with E-state index in [1.165, 1.54) is 6.07 Å². The Morgan fingerprint density at radius 3 is 2.50 bits per heavy atom. The first-order valence-electron chi connectivity index (χ1n) is 5.96. The van der Waals surface area contributed by atoms with Gasteiger partial charge < -0.3 is 10.5 Å². The van der Waals surface area contributed by atoms with Crippen LogP contribution in [0.5, 0.6) is 0 Å². The molecule has 0 aliphatic carbocycles. The molecule has 0 radical (unpaired) electrons. The van der Waals surface area contributed by atoms with Crippen molar-refractivity contribution in [3.05, 3.63) is 70.0 Å². The molecule has 2 N–H and O–H groups in total. The second-order valence-electron chi connectivity index (χ2n) is 4.30. The number of rotatable bonds is 5. The third-order valence-corrected chi connectivity index (χ3v) is 3.18. The lowest BCUT2D eigenvalue weighted by Gasteiger charge is -2.07. The van der Waals surface area contributed by atoms with Crippen LogP contribution in [-0.2, 0) is 18.0 Å². The Labute approximate surface area is 127 Å². The average molecular weight is 310 g/mol. The van der Waals surface area contributed by atoms with Gasteiger partial charge in [0, 0.05) is 10.6 Å². The molecule has 2 rings (SSSR count). The van der Waals surface area contributed by atoms with Crippen LogP contribution in [0.3, 0.4) is 0 Å². The highest BCUT2D eigenvalue weighted by Crippen LogP contribution is 2.14. The van der Waals surface area contributed by atoms with Crippen LogP contribution in [0.15, 0.2) is 42.5 Å². The molecule has 0 aromatic heterocycles. The molecule has 104 valence electrons. The van der Waals surface area contributed by atoms with Crippen molar-refractivity contribution in [1.82, 2.24) is 0 Å². The number of nitrogens with two attached hydrogens (primary N) is 1. The Bertz CT molecular complexity index is 633. The second kappa shape index (κ2) is 6.79. The van der Waals surface area contributed by atoms with Crippen molar-refractivity contribution in [3.8, 4) is 0 Å². The molecule has 0 bridgehead atoms. The summed E-state index contributed by atoms with van der Waals surface area (Å²) in [4.78, 5) is 0.0409. The number of halogens is 2. The maximum Gasteiger partial charge on any atom is 0.133 e. The van der Waals surface area contributed by atoms with Crippen molar-refractivity contribution in [1.29, 1.82) is 0 Å². The van der Waals surface area contributed by atoms with Crippen molar-refractivity contribution in [2.75, 3.05) is 0 Å². The Morgan fingerprint density at radius 1 is 1.15 bits per heavy atom. The van der Waals surface area contributed by atoms with Crippen LogP contribution in [0.1, 0.15) is 16.7 Å². The molecular weight excluding hydrogens is 297 g/mol. The zero-order valence-corrected chi connectivity index (χ0v) is 12.2. The molecule has 5 heteroatoms. The van der Waals surface area contributed by atoms with Crippen LogP contribution in [-0.4, -0.2) is 4.99 Å². The number of ether oxygens (including phenoxy) is 1. The summed E-state index contributed by atoms with van der Waals surface area (Å²) in [6, 6.07) is 12.0. The van der Waals surface area contributed by atoms with Gasteiger partial charge in [0.25, 0.3) is 0 Å². The Kier molecular flexibility index (Phi) is 5.06. The molecule has 0 saturated heterocycles. The smallest absolute Gasteiger partial charge is 0.133 e. The van der Waals surface area contributed by atoms with E-state index < -0.39 is 5.82 Å². The highest BCUT2D eigenvalue weighted by molar-refractivity contribution is 7.80. The SMILES string of the molecule is NC(=S)c1cc(COCc2cccc(Cl)c2)ccc1F. The zero-order chi connectivity index (χ0) is 14.5. The van der Waals surface area contributed by atoms with Crippen molar-refractivity contribution in [2.45, 2.75) is 13.2 Å². The fourth-order valence-corrected chi connectivity index (χ4v) is 2.13. The van der Waals surface area contributed by atoms with Gasteiger partial charge in [0.05, 0.1) is 13.2 Å². The van der Waals surface area contributed by atoms with Crippen LogP contribution in [0.25, 0.3) is 0 Å². The van der Waals surface area contributed by atoms with Crippen molar-refractivity contribution in [3.63, 3.8) is 0 Å². The fourth-order valence-electron chi connectivity index (χ4n) is 1.76. The normalized spacial score (nSPS) is 10.5. The van der Waals surface area contributed by atoms with E-state index in [1.54, 1.807) is 18.2 Å². The maximum atomic E-state index is 13.4. The van der Waals surface area contributed by atoms with Crippen molar-refractivity contribution >= 4 is 28.8 Å². The molecule has 0 heterocycles. The first kappa shape index (κ1) is 14.9. The predicted octanol–water partition coefficient (Wildman–Crippen LogP) is 3.83. The molecule has 0 saturated carbocycles. The molecule has 2 aromatic rings. The van der Waals surface area contributed by atoms with Gasteiger partial charge in [0.15, 0.2) is 0 Å². The van der Waals surface area contributed by atoms with Gasteiger partial charge in [-0.3, -0.25) is 0 Å². The van der Waals surface area contributed by atoms with E-state index in [0.717, 1.165) is 11.1 Å². The summed E-state index contributed by atoms with van der Waals surface area (Å²) in [5.74, 6) is -0.420. The van der Waals surface area contributed by atoms with Gasteiger partial charge in [-0.2, -0.15) is 0 Å². The van der Waals surface area contributed by atoms with Crippen LogP contribution < -0.4 is 5.73 Å². The first-order valence-corrected chi connectivity index (χ1v) is 6.75. The number of hydrogen-bond donors (Lipinski definition) is 1. The molecule has 0 fully saturated rings. The van der Waals surface area contributed by atoms with Gasteiger partial charge in [0.2, 0.25) is 0 Å². The van der Waals surface area contributed by atoms with Gasteiger partial charge in [-0.15, -0.1) is 0 Å². The lowest BCUT2D eigenvalue weighted by atomic mass is 10.1. The maximum absolute atomic E-state index is 13.4. The lowest BCUT2D eigenvalue weighted by molar-refractivity contribution is 0.107. The Hall–Kier alpha value is -1.49. The summed E-state index contributed by atoms with van der Waals surface area (Å²) in [6.45, 7) is 0.781. The van der Waals surface area contributed by atoms with E-state index in [-0.39, 0.29) is 10.6 Å². The van der Waals surface area contributed by atoms with Crippen molar-refractivity contribution in [2.24, 2.45) is 5.73 Å². The zero-order valence-electron chi connectivity index (χ0n) is 10.6. The average Bonchev–Trinajstić information content (AvgIpc) is 2.40. The van der Waals surface area contributed by atoms with E-state index in [1.807, 2.05) is 18.2 Å². The van der Waals surface area contributed by atoms with Gasteiger partial charge in [-0.1, -0.05) is 42.0 Å². The summed E-state index contributed by atoms with van der Waals surface area (Å²) in [6.07, 6.45) is 0. The largest absolute Gasteiger partial charge is 0.389 e. The number of hydrogen-bond acceptors (Lipinski definition) is 2. The summed E-state index contributed by atoms with van der Waals surface area (Å²) in [5, 5.41) is 0.670. The predicted molar refractivity (Wildman–Crippen MR) is 82.2 cm³/mol. The van der Waals surface area contributed by atoms with E-state index in [9.17, 15) is 4.39 Å².